The number of fused-ring (bicyclic) bond motifs is 1. The van der Waals surface area contributed by atoms with Crippen molar-refractivity contribution in [1.82, 2.24) is 5.06 Å². The molecule has 0 radical (unpaired) electrons. The predicted octanol–water partition coefficient (Wildman–Crippen LogP) is 5.84. The van der Waals surface area contributed by atoms with Crippen molar-refractivity contribution in [1.29, 1.82) is 0 Å². The second kappa shape index (κ2) is 11.2. The van der Waals surface area contributed by atoms with Gasteiger partial charge in [-0.15, -0.1) is 5.06 Å². The third-order valence-electron chi connectivity index (χ3n) is 5.34. The number of benzene rings is 2. The number of rotatable bonds is 12. The molecule has 2 aromatic carbocycles. The molecule has 2 rings (SSSR count). The van der Waals surface area contributed by atoms with Crippen molar-refractivity contribution in [2.45, 2.75) is 64.9 Å². The van der Waals surface area contributed by atoms with Gasteiger partial charge in [-0.1, -0.05) is 82.0 Å². The van der Waals surface area contributed by atoms with Crippen LogP contribution in [0.3, 0.4) is 0 Å². The molecule has 0 N–H and O–H groups in total. The van der Waals surface area contributed by atoms with Crippen molar-refractivity contribution in [3.63, 3.8) is 0 Å². The van der Waals surface area contributed by atoms with Gasteiger partial charge in [0.1, 0.15) is 0 Å². The second-order valence-corrected chi connectivity index (χ2v) is 7.49. The summed E-state index contributed by atoms with van der Waals surface area (Å²) in [5.74, 6) is -0.362. The van der Waals surface area contributed by atoms with E-state index in [0.29, 0.717) is 0 Å². The maximum absolute atomic E-state index is 13.2. The van der Waals surface area contributed by atoms with Crippen molar-refractivity contribution in [2.75, 3.05) is 20.2 Å². The fraction of sp³-hybridized carbons (Fsp3) is 0.542. The van der Waals surface area contributed by atoms with Crippen LogP contribution in [0.25, 0.3) is 10.8 Å². The molecule has 1 unspecified atom stereocenters. The Hall–Kier alpha value is -1.91. The molecule has 0 spiro atoms. The zero-order valence-corrected chi connectivity index (χ0v) is 17.9. The van der Waals surface area contributed by atoms with E-state index < -0.39 is 5.60 Å². The first-order valence-electron chi connectivity index (χ1n) is 10.6. The molecule has 0 aromatic heterocycles. The van der Waals surface area contributed by atoms with Gasteiger partial charge in [-0.25, -0.2) is 4.79 Å². The Morgan fingerprint density at radius 3 is 2.14 bits per heavy atom. The number of unbranched alkanes of at least 4 members (excludes halogenated alkanes) is 4. The summed E-state index contributed by atoms with van der Waals surface area (Å²) in [5.41, 5.74) is -0.325. The number of methoxy groups -OCH3 is 1. The highest BCUT2D eigenvalue weighted by molar-refractivity contribution is 5.92. The molecular formula is C24H35NO3. The van der Waals surface area contributed by atoms with Gasteiger partial charge in [-0.3, -0.25) is 0 Å². The Morgan fingerprint density at radius 2 is 1.54 bits per heavy atom. The van der Waals surface area contributed by atoms with Crippen molar-refractivity contribution in [2.24, 2.45) is 0 Å². The number of nitrogens with zero attached hydrogens (tertiary/aromatic N) is 1. The summed E-state index contributed by atoms with van der Waals surface area (Å²) in [6.45, 7) is 7.68. The van der Waals surface area contributed by atoms with E-state index in [9.17, 15) is 4.79 Å². The molecule has 2 aromatic rings. The molecular weight excluding hydrogens is 350 g/mol. The van der Waals surface area contributed by atoms with E-state index in [1.54, 1.807) is 14.0 Å². The molecule has 0 amide bonds. The Labute approximate surface area is 169 Å². The monoisotopic (exact) mass is 385 g/mol. The van der Waals surface area contributed by atoms with Gasteiger partial charge in [0, 0.05) is 25.8 Å². The van der Waals surface area contributed by atoms with Crippen LogP contribution in [-0.2, 0) is 20.0 Å². The quantitative estimate of drug-likeness (QED) is 0.340. The van der Waals surface area contributed by atoms with Crippen molar-refractivity contribution in [3.05, 3.63) is 48.0 Å². The van der Waals surface area contributed by atoms with Gasteiger partial charge in [-0.2, -0.15) is 0 Å². The summed E-state index contributed by atoms with van der Waals surface area (Å²) < 4.78 is 5.74. The van der Waals surface area contributed by atoms with E-state index in [1.165, 1.54) is 0 Å². The number of carbonyl (C=O) groups is 1. The van der Waals surface area contributed by atoms with Crippen molar-refractivity contribution >= 4 is 16.7 Å². The number of hydroxylamine groups is 2. The first-order chi connectivity index (χ1) is 13.6. The van der Waals surface area contributed by atoms with E-state index in [2.05, 4.69) is 13.8 Å². The highest BCUT2D eigenvalue weighted by Crippen LogP contribution is 2.32. The van der Waals surface area contributed by atoms with Gasteiger partial charge in [0.2, 0.25) is 0 Å². The fourth-order valence-electron chi connectivity index (χ4n) is 3.43. The molecule has 0 bridgehead atoms. The van der Waals surface area contributed by atoms with Gasteiger partial charge in [-0.05, 0) is 30.5 Å². The van der Waals surface area contributed by atoms with E-state index in [4.69, 9.17) is 9.57 Å². The van der Waals surface area contributed by atoms with Crippen LogP contribution in [0.1, 0.15) is 64.9 Å². The molecule has 4 heteroatoms. The van der Waals surface area contributed by atoms with E-state index >= 15 is 0 Å². The summed E-state index contributed by atoms with van der Waals surface area (Å²) in [6, 6.07) is 14.0. The van der Waals surface area contributed by atoms with Gasteiger partial charge in [0.05, 0.1) is 0 Å². The molecule has 4 nitrogen and oxygen atoms in total. The molecule has 1 atom stereocenters. The lowest BCUT2D eigenvalue weighted by molar-refractivity contribution is -0.214. The average molecular weight is 386 g/mol. The number of carbonyl (C=O) groups excluding carboxylic acids is 1. The lowest BCUT2D eigenvalue weighted by atomic mass is 9.91. The lowest BCUT2D eigenvalue weighted by Crippen LogP contribution is -2.41. The van der Waals surface area contributed by atoms with E-state index in [1.807, 2.05) is 47.5 Å². The van der Waals surface area contributed by atoms with Crippen molar-refractivity contribution < 1.29 is 14.4 Å². The summed E-state index contributed by atoms with van der Waals surface area (Å²) in [7, 11) is 1.57. The zero-order chi connectivity index (χ0) is 20.4. The molecule has 28 heavy (non-hydrogen) atoms. The Morgan fingerprint density at radius 1 is 0.929 bits per heavy atom. The summed E-state index contributed by atoms with van der Waals surface area (Å²) >= 11 is 0. The molecule has 0 fully saturated rings. The smallest absolute Gasteiger partial charge is 0.361 e. The number of ether oxygens (including phenoxy) is 1. The molecule has 0 heterocycles. The maximum Gasteiger partial charge on any atom is 0.361 e. The van der Waals surface area contributed by atoms with Gasteiger partial charge in [0.15, 0.2) is 5.60 Å². The highest BCUT2D eigenvalue weighted by atomic mass is 16.7. The molecule has 0 saturated heterocycles. The minimum Gasteiger partial charge on any atom is -0.365 e. The molecule has 0 saturated carbocycles. The molecule has 154 valence electrons. The van der Waals surface area contributed by atoms with Crippen LogP contribution in [0.5, 0.6) is 0 Å². The Kier molecular flexibility index (Phi) is 8.94. The predicted molar refractivity (Wildman–Crippen MR) is 115 cm³/mol. The summed E-state index contributed by atoms with van der Waals surface area (Å²) in [5, 5.41) is 3.92. The van der Waals surface area contributed by atoms with E-state index in [-0.39, 0.29) is 5.97 Å². The SMILES string of the molecule is CCCCCN(CCCCC)OC(=O)C(C)(OC)c1cccc2ccccc12. The Bertz CT molecular complexity index is 730. The zero-order valence-electron chi connectivity index (χ0n) is 17.9. The van der Waals surface area contributed by atoms with Gasteiger partial charge in [0.25, 0.3) is 0 Å². The average Bonchev–Trinajstić information content (AvgIpc) is 2.72. The Balaban J connectivity index is 2.22. The van der Waals surface area contributed by atoms with Crippen LogP contribution in [0.15, 0.2) is 42.5 Å². The molecule has 0 aliphatic heterocycles. The first-order valence-corrected chi connectivity index (χ1v) is 10.6. The van der Waals surface area contributed by atoms with Crippen LogP contribution in [0, 0.1) is 0 Å². The fourth-order valence-corrected chi connectivity index (χ4v) is 3.43. The van der Waals surface area contributed by atoms with Crippen LogP contribution in [0.2, 0.25) is 0 Å². The van der Waals surface area contributed by atoms with Gasteiger partial charge >= 0.3 is 5.97 Å². The minimum atomic E-state index is -1.16. The lowest BCUT2D eigenvalue weighted by Gasteiger charge is -2.30. The second-order valence-electron chi connectivity index (χ2n) is 7.49. The summed E-state index contributed by atoms with van der Waals surface area (Å²) in [4.78, 5) is 19.1. The third kappa shape index (κ3) is 5.55. The minimum absolute atomic E-state index is 0.362. The van der Waals surface area contributed by atoms with Gasteiger partial charge < -0.3 is 9.57 Å². The third-order valence-corrected chi connectivity index (χ3v) is 5.34. The first kappa shape index (κ1) is 22.4. The molecule has 0 aliphatic rings. The topological polar surface area (TPSA) is 38.8 Å². The normalized spacial score (nSPS) is 13.6. The van der Waals surface area contributed by atoms with E-state index in [0.717, 1.165) is 68.0 Å². The van der Waals surface area contributed by atoms with Crippen LogP contribution >= 0.6 is 0 Å². The standard InChI is InChI=1S/C24H35NO3/c1-5-7-11-18-25(19-12-8-6-2)28-23(26)24(3,27-4)22-17-13-15-20-14-9-10-16-21(20)22/h9-10,13-17H,5-8,11-12,18-19H2,1-4H3. The summed E-state index contributed by atoms with van der Waals surface area (Å²) in [6.07, 6.45) is 6.59. The largest absolute Gasteiger partial charge is 0.365 e. The maximum atomic E-state index is 13.2. The highest BCUT2D eigenvalue weighted by Gasteiger charge is 2.39. The van der Waals surface area contributed by atoms with Crippen LogP contribution in [-0.4, -0.2) is 31.2 Å². The van der Waals surface area contributed by atoms with Crippen LogP contribution < -0.4 is 0 Å². The van der Waals surface area contributed by atoms with Crippen molar-refractivity contribution in [3.8, 4) is 0 Å². The number of hydrogen-bond donors (Lipinski definition) is 0. The number of hydrogen-bond acceptors (Lipinski definition) is 4. The van der Waals surface area contributed by atoms with Crippen LogP contribution in [0.4, 0.5) is 0 Å². The molecule has 0 aliphatic carbocycles.